The van der Waals surface area contributed by atoms with Crippen LogP contribution in [-0.2, 0) is 14.3 Å². The molecular weight excluding hydrogens is 274 g/mol. The summed E-state index contributed by atoms with van der Waals surface area (Å²) in [4.78, 5) is 27.0. The van der Waals surface area contributed by atoms with Crippen LogP contribution in [0, 0.1) is 0 Å². The molecule has 0 saturated heterocycles. The Morgan fingerprint density at radius 1 is 1.29 bits per heavy atom. The van der Waals surface area contributed by atoms with Crippen molar-refractivity contribution in [3.63, 3.8) is 0 Å². The van der Waals surface area contributed by atoms with E-state index in [9.17, 15) is 9.59 Å². The summed E-state index contributed by atoms with van der Waals surface area (Å²) in [5.74, 6) is 0.157. The number of pyridine rings is 1. The first-order valence-corrected chi connectivity index (χ1v) is 6.80. The maximum atomic E-state index is 11.4. The maximum Gasteiger partial charge on any atom is 0.339 e. The van der Waals surface area contributed by atoms with E-state index in [-0.39, 0.29) is 5.91 Å². The second kappa shape index (κ2) is 9.71. The number of methoxy groups -OCH3 is 1. The van der Waals surface area contributed by atoms with Gasteiger partial charge in [0.15, 0.2) is 0 Å². The van der Waals surface area contributed by atoms with Crippen molar-refractivity contribution in [3.8, 4) is 0 Å². The van der Waals surface area contributed by atoms with Crippen molar-refractivity contribution in [3.05, 3.63) is 23.9 Å². The van der Waals surface area contributed by atoms with E-state index >= 15 is 0 Å². The molecule has 1 aromatic heterocycles. The van der Waals surface area contributed by atoms with Crippen molar-refractivity contribution >= 4 is 17.7 Å². The van der Waals surface area contributed by atoms with Crippen molar-refractivity contribution < 1.29 is 19.1 Å². The number of amides is 1. The van der Waals surface area contributed by atoms with Gasteiger partial charge in [-0.2, -0.15) is 0 Å². The normalized spacial score (nSPS) is 10.0. The highest BCUT2D eigenvalue weighted by molar-refractivity contribution is 5.89. The molecule has 0 bridgehead atoms. The molecule has 0 aromatic carbocycles. The largest absolute Gasteiger partial charge is 0.462 e. The Morgan fingerprint density at radius 2 is 2.10 bits per heavy atom. The zero-order valence-corrected chi connectivity index (χ0v) is 12.3. The van der Waals surface area contributed by atoms with Gasteiger partial charge in [-0.1, -0.05) is 0 Å². The molecule has 0 spiro atoms. The molecule has 1 rings (SSSR count). The Bertz CT molecular complexity index is 448. The van der Waals surface area contributed by atoms with Crippen LogP contribution in [0.2, 0.25) is 0 Å². The maximum absolute atomic E-state index is 11.4. The summed E-state index contributed by atoms with van der Waals surface area (Å²) in [6.45, 7) is 3.54. The quantitative estimate of drug-likeness (QED) is 0.518. The third-order valence-electron chi connectivity index (χ3n) is 2.56. The first-order chi connectivity index (χ1) is 10.2. The van der Waals surface area contributed by atoms with E-state index in [1.54, 1.807) is 26.2 Å². The van der Waals surface area contributed by atoms with E-state index < -0.39 is 5.97 Å². The summed E-state index contributed by atoms with van der Waals surface area (Å²) in [5, 5.41) is 5.73. The molecule has 116 valence electrons. The number of anilines is 1. The average molecular weight is 295 g/mol. The number of nitrogens with one attached hydrogen (secondary N) is 2. The molecule has 0 atom stereocenters. The molecular formula is C14H21N3O4. The minimum atomic E-state index is -0.394. The number of hydrogen-bond acceptors (Lipinski definition) is 6. The number of carbonyl (C=O) groups excluding carboxylic acids is 2. The van der Waals surface area contributed by atoms with Gasteiger partial charge in [-0.15, -0.1) is 0 Å². The lowest BCUT2D eigenvalue weighted by atomic mass is 10.3. The molecule has 2 N–H and O–H groups in total. The lowest BCUT2D eigenvalue weighted by Gasteiger charge is -2.07. The lowest BCUT2D eigenvalue weighted by molar-refractivity contribution is -0.121. The third kappa shape index (κ3) is 6.71. The van der Waals surface area contributed by atoms with Gasteiger partial charge in [0.1, 0.15) is 5.82 Å². The van der Waals surface area contributed by atoms with Gasteiger partial charge in [0.05, 0.1) is 18.8 Å². The smallest absolute Gasteiger partial charge is 0.339 e. The minimum Gasteiger partial charge on any atom is -0.462 e. The highest BCUT2D eigenvalue weighted by Gasteiger charge is 2.06. The molecule has 1 heterocycles. The van der Waals surface area contributed by atoms with Gasteiger partial charge < -0.3 is 20.1 Å². The molecule has 0 unspecified atom stereocenters. The van der Waals surface area contributed by atoms with Crippen LogP contribution < -0.4 is 10.6 Å². The SMILES string of the molecule is CCOC(=O)c1ccc(NCCC(=O)NCCOC)nc1. The number of rotatable bonds is 9. The number of aromatic nitrogens is 1. The standard InChI is InChI=1S/C14H21N3O4/c1-3-21-14(19)11-4-5-12(17-10-11)15-7-6-13(18)16-8-9-20-2/h4-5,10H,3,6-9H2,1-2H3,(H,15,17)(H,16,18). The topological polar surface area (TPSA) is 89.5 Å². The van der Waals surface area contributed by atoms with Gasteiger partial charge in [-0.05, 0) is 19.1 Å². The molecule has 0 saturated carbocycles. The Balaban J connectivity index is 2.29. The molecule has 7 nitrogen and oxygen atoms in total. The predicted molar refractivity (Wildman–Crippen MR) is 78.2 cm³/mol. The monoisotopic (exact) mass is 295 g/mol. The molecule has 0 aliphatic rings. The summed E-state index contributed by atoms with van der Waals surface area (Å²) in [7, 11) is 1.58. The van der Waals surface area contributed by atoms with E-state index in [2.05, 4.69) is 15.6 Å². The summed E-state index contributed by atoms with van der Waals surface area (Å²) < 4.78 is 9.70. The Labute approximate surface area is 124 Å². The van der Waals surface area contributed by atoms with Crippen LogP contribution >= 0.6 is 0 Å². The van der Waals surface area contributed by atoms with Crippen molar-refractivity contribution in [1.82, 2.24) is 10.3 Å². The molecule has 0 aliphatic carbocycles. The van der Waals surface area contributed by atoms with Gasteiger partial charge in [0.2, 0.25) is 5.91 Å². The molecule has 1 aromatic rings. The fourth-order valence-corrected chi connectivity index (χ4v) is 1.52. The summed E-state index contributed by atoms with van der Waals surface area (Å²) >= 11 is 0. The molecule has 0 radical (unpaired) electrons. The van der Waals surface area contributed by atoms with Crippen LogP contribution in [-0.4, -0.2) is 50.3 Å². The Kier molecular flexibility index (Phi) is 7.81. The summed E-state index contributed by atoms with van der Waals surface area (Å²) in [6.07, 6.45) is 1.78. The molecule has 0 aliphatic heterocycles. The summed E-state index contributed by atoms with van der Waals surface area (Å²) in [6, 6.07) is 3.31. The van der Waals surface area contributed by atoms with Crippen LogP contribution in [0.3, 0.4) is 0 Å². The van der Waals surface area contributed by atoms with E-state index in [4.69, 9.17) is 9.47 Å². The Hall–Kier alpha value is -2.15. The van der Waals surface area contributed by atoms with Gasteiger partial charge in [0.25, 0.3) is 0 Å². The van der Waals surface area contributed by atoms with E-state index in [0.29, 0.717) is 44.1 Å². The van der Waals surface area contributed by atoms with Crippen LogP contribution in [0.1, 0.15) is 23.7 Å². The van der Waals surface area contributed by atoms with Gasteiger partial charge in [-0.3, -0.25) is 4.79 Å². The molecule has 0 fully saturated rings. The lowest BCUT2D eigenvalue weighted by Crippen LogP contribution is -2.28. The Morgan fingerprint density at radius 3 is 2.71 bits per heavy atom. The number of carbonyl (C=O) groups is 2. The second-order valence-corrected chi connectivity index (χ2v) is 4.17. The molecule has 21 heavy (non-hydrogen) atoms. The fraction of sp³-hybridized carbons (Fsp3) is 0.500. The number of hydrogen-bond donors (Lipinski definition) is 2. The highest BCUT2D eigenvalue weighted by Crippen LogP contribution is 2.06. The van der Waals surface area contributed by atoms with Crippen molar-refractivity contribution in [2.45, 2.75) is 13.3 Å². The third-order valence-corrected chi connectivity index (χ3v) is 2.56. The van der Waals surface area contributed by atoms with Gasteiger partial charge in [-0.25, -0.2) is 9.78 Å². The van der Waals surface area contributed by atoms with Crippen LogP contribution in [0.4, 0.5) is 5.82 Å². The van der Waals surface area contributed by atoms with Crippen LogP contribution in [0.25, 0.3) is 0 Å². The van der Waals surface area contributed by atoms with E-state index in [0.717, 1.165) is 0 Å². The first kappa shape index (κ1) is 16.9. The van der Waals surface area contributed by atoms with Crippen LogP contribution in [0.5, 0.6) is 0 Å². The van der Waals surface area contributed by atoms with Crippen LogP contribution in [0.15, 0.2) is 18.3 Å². The first-order valence-electron chi connectivity index (χ1n) is 6.80. The van der Waals surface area contributed by atoms with Gasteiger partial charge in [0, 0.05) is 32.8 Å². The van der Waals surface area contributed by atoms with Crippen molar-refractivity contribution in [1.29, 1.82) is 0 Å². The molecule has 7 heteroatoms. The predicted octanol–water partition coefficient (Wildman–Crippen LogP) is 0.823. The number of nitrogens with zero attached hydrogens (tertiary/aromatic N) is 1. The number of ether oxygens (including phenoxy) is 2. The number of esters is 1. The molecule has 1 amide bonds. The highest BCUT2D eigenvalue weighted by atomic mass is 16.5. The zero-order chi connectivity index (χ0) is 15.5. The van der Waals surface area contributed by atoms with Crippen molar-refractivity contribution in [2.24, 2.45) is 0 Å². The fourth-order valence-electron chi connectivity index (χ4n) is 1.52. The minimum absolute atomic E-state index is 0.0531. The van der Waals surface area contributed by atoms with Crippen molar-refractivity contribution in [2.75, 3.05) is 38.7 Å². The second-order valence-electron chi connectivity index (χ2n) is 4.17. The van der Waals surface area contributed by atoms with E-state index in [1.165, 1.54) is 6.20 Å². The van der Waals surface area contributed by atoms with Gasteiger partial charge >= 0.3 is 5.97 Å². The summed E-state index contributed by atoms with van der Waals surface area (Å²) in [5.41, 5.74) is 0.403. The van der Waals surface area contributed by atoms with E-state index in [1.807, 2.05) is 0 Å². The zero-order valence-electron chi connectivity index (χ0n) is 12.3. The average Bonchev–Trinajstić information content (AvgIpc) is 2.48.